The van der Waals surface area contributed by atoms with E-state index in [2.05, 4.69) is 20.2 Å². The number of anilines is 1. The zero-order valence-corrected chi connectivity index (χ0v) is 11.4. The van der Waals surface area contributed by atoms with Crippen LogP contribution in [0.4, 0.5) is 5.82 Å². The van der Waals surface area contributed by atoms with Crippen LogP contribution in [0.2, 0.25) is 0 Å². The van der Waals surface area contributed by atoms with Gasteiger partial charge in [-0.1, -0.05) is 0 Å². The lowest BCUT2D eigenvalue weighted by Crippen LogP contribution is -2.44. The van der Waals surface area contributed by atoms with Gasteiger partial charge in [-0.2, -0.15) is 0 Å². The molecule has 2 rings (SSSR count). The maximum atomic E-state index is 5.61. The summed E-state index contributed by atoms with van der Waals surface area (Å²) in [4.78, 5) is 10.8. The molecular weight excluding hydrogens is 228 g/mol. The predicted molar refractivity (Wildman–Crippen MR) is 72.1 cm³/mol. The van der Waals surface area contributed by atoms with Crippen molar-refractivity contribution in [2.24, 2.45) is 0 Å². The highest BCUT2D eigenvalue weighted by Crippen LogP contribution is 2.20. The maximum absolute atomic E-state index is 5.61. The van der Waals surface area contributed by atoms with Gasteiger partial charge >= 0.3 is 0 Å². The van der Waals surface area contributed by atoms with E-state index in [1.165, 1.54) is 12.8 Å². The summed E-state index contributed by atoms with van der Waals surface area (Å²) in [6, 6.07) is 2.47. The molecule has 1 aliphatic rings. The minimum absolute atomic E-state index is 0.138. The Morgan fingerprint density at radius 1 is 1.44 bits per heavy atom. The number of nitrogens with zero attached hydrogens (tertiary/aromatic N) is 3. The number of piperidine rings is 1. The molecule has 1 unspecified atom stereocenters. The molecule has 2 heterocycles. The Bertz CT molecular complexity index is 383. The molecule has 1 aromatic heterocycles. The Kier molecular flexibility index (Phi) is 4.36. The first-order valence-electron chi connectivity index (χ1n) is 6.60. The molecule has 0 spiro atoms. The summed E-state index contributed by atoms with van der Waals surface area (Å²) in [5, 5.41) is 3.33. The minimum atomic E-state index is 0.138. The standard InChI is InChI=1S/C13H22N4O/c1-10(2)18-13-7-12(15-9-16-13)17-6-4-5-11(8-17)14-3/h7,9-11,14H,4-6,8H2,1-3H3. The number of likely N-dealkylation sites (N-methyl/N-ethyl adjacent to an activating group) is 1. The second-order valence-electron chi connectivity index (χ2n) is 4.95. The molecule has 0 amide bonds. The Morgan fingerprint density at radius 2 is 2.28 bits per heavy atom. The smallest absolute Gasteiger partial charge is 0.218 e. The van der Waals surface area contributed by atoms with Crippen LogP contribution in [0.25, 0.3) is 0 Å². The van der Waals surface area contributed by atoms with Crippen molar-refractivity contribution < 1.29 is 4.74 Å². The lowest BCUT2D eigenvalue weighted by molar-refractivity contribution is 0.232. The molecule has 1 N–H and O–H groups in total. The number of aromatic nitrogens is 2. The molecule has 100 valence electrons. The maximum Gasteiger partial charge on any atom is 0.218 e. The minimum Gasteiger partial charge on any atom is -0.475 e. The SMILES string of the molecule is CNC1CCCN(c2cc(OC(C)C)ncn2)C1. The molecule has 0 saturated carbocycles. The van der Waals surface area contributed by atoms with Crippen LogP contribution in [-0.4, -0.2) is 42.3 Å². The number of nitrogens with one attached hydrogen (secondary N) is 1. The average molecular weight is 250 g/mol. The van der Waals surface area contributed by atoms with Gasteiger partial charge in [-0.3, -0.25) is 0 Å². The average Bonchev–Trinajstić information content (AvgIpc) is 2.38. The number of rotatable bonds is 4. The zero-order valence-electron chi connectivity index (χ0n) is 11.4. The highest BCUT2D eigenvalue weighted by molar-refractivity contribution is 5.41. The van der Waals surface area contributed by atoms with Gasteiger partial charge in [0.1, 0.15) is 12.1 Å². The first-order valence-corrected chi connectivity index (χ1v) is 6.60. The quantitative estimate of drug-likeness (QED) is 0.876. The Labute approximate surface area is 109 Å². The van der Waals surface area contributed by atoms with Gasteiger partial charge in [0.05, 0.1) is 6.10 Å². The van der Waals surface area contributed by atoms with Crippen LogP contribution in [0, 0.1) is 0 Å². The van der Waals surface area contributed by atoms with Crippen LogP contribution < -0.4 is 15.0 Å². The number of hydrogen-bond acceptors (Lipinski definition) is 5. The first kappa shape index (κ1) is 13.1. The number of ether oxygens (including phenoxy) is 1. The largest absolute Gasteiger partial charge is 0.475 e. The van der Waals surface area contributed by atoms with E-state index < -0.39 is 0 Å². The van der Waals surface area contributed by atoms with E-state index >= 15 is 0 Å². The third-order valence-corrected chi connectivity index (χ3v) is 3.14. The van der Waals surface area contributed by atoms with Crippen molar-refractivity contribution >= 4 is 5.82 Å². The zero-order chi connectivity index (χ0) is 13.0. The molecule has 5 nitrogen and oxygen atoms in total. The van der Waals surface area contributed by atoms with Crippen molar-refractivity contribution in [3.05, 3.63) is 12.4 Å². The molecular formula is C13H22N4O. The monoisotopic (exact) mass is 250 g/mol. The summed E-state index contributed by atoms with van der Waals surface area (Å²) < 4.78 is 5.61. The molecule has 1 saturated heterocycles. The van der Waals surface area contributed by atoms with Crippen molar-refractivity contribution in [2.75, 3.05) is 25.0 Å². The van der Waals surface area contributed by atoms with Crippen LogP contribution >= 0.6 is 0 Å². The van der Waals surface area contributed by atoms with Gasteiger partial charge in [0.25, 0.3) is 0 Å². The fraction of sp³-hybridized carbons (Fsp3) is 0.692. The van der Waals surface area contributed by atoms with Crippen molar-refractivity contribution in [1.82, 2.24) is 15.3 Å². The topological polar surface area (TPSA) is 50.3 Å². The van der Waals surface area contributed by atoms with Crippen LogP contribution in [0.3, 0.4) is 0 Å². The van der Waals surface area contributed by atoms with E-state index in [9.17, 15) is 0 Å². The van der Waals surface area contributed by atoms with Gasteiger partial charge in [-0.25, -0.2) is 9.97 Å². The van der Waals surface area contributed by atoms with Crippen molar-refractivity contribution in [3.63, 3.8) is 0 Å². The first-order chi connectivity index (χ1) is 8.69. The van der Waals surface area contributed by atoms with Gasteiger partial charge in [0, 0.05) is 25.2 Å². The fourth-order valence-electron chi connectivity index (χ4n) is 2.23. The summed E-state index contributed by atoms with van der Waals surface area (Å²) in [5.41, 5.74) is 0. The van der Waals surface area contributed by atoms with E-state index in [4.69, 9.17) is 4.74 Å². The highest BCUT2D eigenvalue weighted by Gasteiger charge is 2.20. The van der Waals surface area contributed by atoms with Crippen LogP contribution in [0.15, 0.2) is 12.4 Å². The van der Waals surface area contributed by atoms with Gasteiger partial charge < -0.3 is 15.0 Å². The Hall–Kier alpha value is -1.36. The van der Waals surface area contributed by atoms with E-state index in [0.717, 1.165) is 18.9 Å². The lowest BCUT2D eigenvalue weighted by Gasteiger charge is -2.33. The Morgan fingerprint density at radius 3 is 3.00 bits per heavy atom. The second kappa shape index (κ2) is 6.00. The summed E-state index contributed by atoms with van der Waals surface area (Å²) in [6.07, 6.45) is 4.14. The molecule has 0 aromatic carbocycles. The molecule has 1 atom stereocenters. The summed E-state index contributed by atoms with van der Waals surface area (Å²) in [5.74, 6) is 1.61. The molecule has 1 aromatic rings. The van der Waals surface area contributed by atoms with Gasteiger partial charge in [0.2, 0.25) is 5.88 Å². The summed E-state index contributed by atoms with van der Waals surface area (Å²) in [6.45, 7) is 6.05. The predicted octanol–water partition coefficient (Wildman–Crippen LogP) is 1.45. The van der Waals surface area contributed by atoms with Gasteiger partial charge in [0.15, 0.2) is 0 Å². The molecule has 1 fully saturated rings. The van der Waals surface area contributed by atoms with Crippen LogP contribution in [-0.2, 0) is 0 Å². The highest BCUT2D eigenvalue weighted by atomic mass is 16.5. The fourth-order valence-corrected chi connectivity index (χ4v) is 2.23. The lowest BCUT2D eigenvalue weighted by atomic mass is 10.1. The molecule has 18 heavy (non-hydrogen) atoms. The molecule has 0 aliphatic carbocycles. The van der Waals surface area contributed by atoms with Crippen molar-refractivity contribution in [3.8, 4) is 5.88 Å². The third kappa shape index (κ3) is 3.32. The van der Waals surface area contributed by atoms with Crippen LogP contribution in [0.1, 0.15) is 26.7 Å². The van der Waals surface area contributed by atoms with E-state index in [1.54, 1.807) is 6.33 Å². The number of hydrogen-bond donors (Lipinski definition) is 1. The van der Waals surface area contributed by atoms with E-state index in [0.29, 0.717) is 11.9 Å². The van der Waals surface area contributed by atoms with Crippen LogP contribution in [0.5, 0.6) is 5.88 Å². The Balaban J connectivity index is 2.07. The van der Waals surface area contributed by atoms with E-state index in [-0.39, 0.29) is 6.10 Å². The van der Waals surface area contributed by atoms with Gasteiger partial charge in [-0.15, -0.1) is 0 Å². The van der Waals surface area contributed by atoms with Gasteiger partial charge in [-0.05, 0) is 33.7 Å². The molecule has 5 heteroatoms. The molecule has 0 bridgehead atoms. The van der Waals surface area contributed by atoms with Crippen molar-refractivity contribution in [1.29, 1.82) is 0 Å². The molecule has 1 aliphatic heterocycles. The summed E-state index contributed by atoms with van der Waals surface area (Å²) >= 11 is 0. The second-order valence-corrected chi connectivity index (χ2v) is 4.95. The molecule has 0 radical (unpaired) electrons. The van der Waals surface area contributed by atoms with E-state index in [1.807, 2.05) is 27.0 Å². The third-order valence-electron chi connectivity index (χ3n) is 3.14. The van der Waals surface area contributed by atoms with Crippen molar-refractivity contribution in [2.45, 2.75) is 38.8 Å². The summed E-state index contributed by atoms with van der Waals surface area (Å²) in [7, 11) is 2.02. The normalized spacial score (nSPS) is 20.2.